The fourth-order valence-corrected chi connectivity index (χ4v) is 9.49. The van der Waals surface area contributed by atoms with Crippen molar-refractivity contribution in [2.75, 3.05) is 13.7 Å². The number of carbonyl (C=O) groups excluding carboxylic acids is 5. The third-order valence-electron chi connectivity index (χ3n) is 13.8. The molecule has 342 valence electrons. The lowest BCUT2D eigenvalue weighted by atomic mass is 9.79. The number of carbonyl (C=O) groups is 5. The molecule has 2 saturated heterocycles. The summed E-state index contributed by atoms with van der Waals surface area (Å²) in [5.41, 5.74) is 1.41. The number of ether oxygens (including phenoxy) is 3. The Balaban J connectivity index is 1.66. The summed E-state index contributed by atoms with van der Waals surface area (Å²) in [5.74, 6) is -7.01. The van der Waals surface area contributed by atoms with Crippen molar-refractivity contribution in [3.63, 3.8) is 0 Å². The van der Waals surface area contributed by atoms with E-state index >= 15 is 0 Å². The van der Waals surface area contributed by atoms with Crippen LogP contribution < -0.4 is 0 Å². The Morgan fingerprint density at radius 3 is 2.25 bits per heavy atom. The summed E-state index contributed by atoms with van der Waals surface area (Å²) in [4.78, 5) is 70.8. The van der Waals surface area contributed by atoms with E-state index in [2.05, 4.69) is 0 Å². The van der Waals surface area contributed by atoms with Gasteiger partial charge < -0.3 is 34.4 Å². The number of aliphatic hydroxyl groups is 3. The number of hydrogen-bond acceptors (Lipinski definition) is 11. The number of allylic oxidation sites excluding steroid dienone is 6. The fourth-order valence-electron chi connectivity index (χ4n) is 9.49. The van der Waals surface area contributed by atoms with Crippen LogP contribution in [-0.2, 0) is 38.2 Å². The van der Waals surface area contributed by atoms with Gasteiger partial charge in [0, 0.05) is 50.7 Å². The molecule has 3 heterocycles. The predicted molar refractivity (Wildman–Crippen MR) is 233 cm³/mol. The molecule has 4 aliphatic rings. The number of ketones is 3. The zero-order chi connectivity index (χ0) is 45.0. The molecule has 0 spiro atoms. The number of esters is 1. The summed E-state index contributed by atoms with van der Waals surface area (Å²) in [6, 6.07) is -1.10. The van der Waals surface area contributed by atoms with Gasteiger partial charge in [-0.2, -0.15) is 0 Å². The summed E-state index contributed by atoms with van der Waals surface area (Å²) in [6.07, 6.45) is 14.9. The lowest BCUT2D eigenvalue weighted by Crippen LogP contribution is -2.61. The van der Waals surface area contributed by atoms with E-state index in [0.29, 0.717) is 63.4 Å². The van der Waals surface area contributed by atoms with Gasteiger partial charge in [0.1, 0.15) is 23.7 Å². The lowest BCUT2D eigenvalue weighted by Gasteiger charge is -2.42. The van der Waals surface area contributed by atoms with E-state index in [1.54, 1.807) is 34.0 Å². The molecular formula is C49H75NO11. The van der Waals surface area contributed by atoms with E-state index < -0.39 is 65.7 Å². The van der Waals surface area contributed by atoms with Crippen molar-refractivity contribution in [3.8, 4) is 0 Å². The highest BCUT2D eigenvalue weighted by molar-refractivity contribution is 6.39. The van der Waals surface area contributed by atoms with Crippen LogP contribution in [-0.4, -0.2) is 105 Å². The van der Waals surface area contributed by atoms with Crippen molar-refractivity contribution in [1.29, 1.82) is 0 Å². The molecule has 3 fully saturated rings. The fraction of sp³-hybridized carbons (Fsp3) is 0.735. The van der Waals surface area contributed by atoms with Gasteiger partial charge in [0.15, 0.2) is 0 Å². The van der Waals surface area contributed by atoms with Crippen molar-refractivity contribution >= 4 is 29.2 Å². The standard InChI is InChI=1S/C49H75NO11/c1-30-14-10-9-11-15-31(2)44(59-8)27-39-22-17-36(7)49(58,61-39)46(55)47(56)50-23-13-12-16-40(50)48(57)60-45(35(6)26-37-18-20-38(51)21-19-37)29-43(54)34(5)25-33(4)42(53)28-41(52)32(3)24-30/h9-11,14-15,25,30,32,34-40,42,44-45,51,53,58H,12-13,16-24,26-29H2,1-8H3/b11-9+,14-10+,31-15+,33-25+/t30-,32-,34-,35-,36-,37-,38-,39+,40+,42+,44+,45+,49-/m1/s1. The molecule has 4 rings (SSSR count). The van der Waals surface area contributed by atoms with Crippen LogP contribution >= 0.6 is 0 Å². The van der Waals surface area contributed by atoms with Crippen molar-refractivity contribution in [2.24, 2.45) is 35.5 Å². The van der Waals surface area contributed by atoms with Gasteiger partial charge in [-0.15, -0.1) is 0 Å². The number of piperidine rings is 1. The molecule has 1 amide bonds. The van der Waals surface area contributed by atoms with Gasteiger partial charge >= 0.3 is 5.97 Å². The maximum absolute atomic E-state index is 14.2. The minimum absolute atomic E-state index is 0.0639. The van der Waals surface area contributed by atoms with E-state index in [-0.39, 0.29) is 67.1 Å². The number of aliphatic hydroxyl groups excluding tert-OH is 2. The van der Waals surface area contributed by atoms with Crippen LogP contribution in [0.15, 0.2) is 47.6 Å². The normalized spacial score (nSPS) is 39.8. The lowest BCUT2D eigenvalue weighted by molar-refractivity contribution is -0.265. The number of amides is 1. The Kier molecular flexibility index (Phi) is 19.3. The van der Waals surface area contributed by atoms with Crippen LogP contribution in [0.1, 0.15) is 138 Å². The Labute approximate surface area is 364 Å². The van der Waals surface area contributed by atoms with E-state index in [0.717, 1.165) is 18.4 Å². The Morgan fingerprint density at radius 2 is 1.56 bits per heavy atom. The molecule has 0 aromatic heterocycles. The molecule has 1 saturated carbocycles. The Bertz CT molecular complexity index is 1640. The summed E-state index contributed by atoms with van der Waals surface area (Å²) in [6.45, 7) is 13.0. The second-order valence-electron chi connectivity index (χ2n) is 18.9. The van der Waals surface area contributed by atoms with Crippen LogP contribution in [0, 0.1) is 35.5 Å². The first-order valence-electron chi connectivity index (χ1n) is 22.9. The largest absolute Gasteiger partial charge is 0.460 e. The minimum atomic E-state index is -2.40. The number of fused-ring (bicyclic) bond motifs is 3. The molecule has 12 heteroatoms. The third kappa shape index (κ3) is 14.1. The first-order valence-corrected chi connectivity index (χ1v) is 22.9. The molecule has 3 N–H and O–H groups in total. The number of Topliss-reactive ketones (excluding diaryl/α,β-unsaturated/α-hetero) is 3. The molecule has 2 bridgehead atoms. The quantitative estimate of drug-likeness (QED) is 0.152. The van der Waals surface area contributed by atoms with E-state index in [4.69, 9.17) is 14.2 Å². The second kappa shape index (κ2) is 23.4. The number of hydrogen-bond donors (Lipinski definition) is 3. The summed E-state index contributed by atoms with van der Waals surface area (Å²) in [5, 5.41) is 33.1. The number of methoxy groups -OCH3 is 1. The first kappa shape index (κ1) is 50.4. The van der Waals surface area contributed by atoms with Crippen LogP contribution in [0.25, 0.3) is 0 Å². The van der Waals surface area contributed by atoms with Crippen LogP contribution in [0.3, 0.4) is 0 Å². The molecule has 1 aliphatic carbocycles. The molecule has 3 aliphatic heterocycles. The zero-order valence-electron chi connectivity index (χ0n) is 38.1. The van der Waals surface area contributed by atoms with Gasteiger partial charge in [-0.25, -0.2) is 4.79 Å². The highest BCUT2D eigenvalue weighted by Gasteiger charge is 2.53. The van der Waals surface area contributed by atoms with Crippen LogP contribution in [0.2, 0.25) is 0 Å². The Morgan fingerprint density at radius 1 is 0.852 bits per heavy atom. The summed E-state index contributed by atoms with van der Waals surface area (Å²) in [7, 11) is 1.59. The number of rotatable bonds is 4. The molecular weight excluding hydrogens is 779 g/mol. The maximum atomic E-state index is 14.2. The average molecular weight is 854 g/mol. The third-order valence-corrected chi connectivity index (χ3v) is 13.8. The topological polar surface area (TPSA) is 177 Å². The summed E-state index contributed by atoms with van der Waals surface area (Å²) >= 11 is 0. The van der Waals surface area contributed by atoms with E-state index in [1.807, 2.05) is 58.1 Å². The van der Waals surface area contributed by atoms with Gasteiger partial charge in [0.25, 0.3) is 11.7 Å². The van der Waals surface area contributed by atoms with Crippen molar-refractivity contribution in [2.45, 2.75) is 181 Å². The zero-order valence-corrected chi connectivity index (χ0v) is 38.1. The van der Waals surface area contributed by atoms with Crippen molar-refractivity contribution in [1.82, 2.24) is 4.90 Å². The highest BCUT2D eigenvalue weighted by atomic mass is 16.6. The van der Waals surface area contributed by atoms with E-state index in [1.165, 1.54) is 4.90 Å². The molecule has 0 radical (unpaired) electrons. The maximum Gasteiger partial charge on any atom is 0.329 e. The van der Waals surface area contributed by atoms with Gasteiger partial charge in [-0.3, -0.25) is 19.2 Å². The monoisotopic (exact) mass is 854 g/mol. The Hall–Kier alpha value is -3.29. The van der Waals surface area contributed by atoms with Crippen LogP contribution in [0.5, 0.6) is 0 Å². The van der Waals surface area contributed by atoms with Crippen LogP contribution in [0.4, 0.5) is 0 Å². The van der Waals surface area contributed by atoms with Gasteiger partial charge in [-0.1, -0.05) is 71.1 Å². The molecule has 0 aromatic rings. The van der Waals surface area contributed by atoms with E-state index in [9.17, 15) is 39.3 Å². The van der Waals surface area contributed by atoms with Crippen molar-refractivity contribution < 1.29 is 53.5 Å². The molecule has 0 aromatic carbocycles. The SMILES string of the molecule is CO[C@H]1C[C@@H]2CC[C@@H](C)[C@@](O)(O2)C(=O)C(=O)N2CCCC[C@H]2C(=O)O[C@H]([C@H](C)C[C@H]2CC[C@H](O)CC2)CC(=O)[C@H](C)/C=C(\C)[C@@H](O)CC(=O)[C@H](C)C[C@H](C)/C=C/C=C/C=C/1C. The molecule has 11 atom stereocenters. The predicted octanol–water partition coefficient (Wildman–Crippen LogP) is 6.93. The number of nitrogens with zero attached hydrogens (tertiary/aromatic N) is 1. The van der Waals surface area contributed by atoms with Gasteiger partial charge in [0.2, 0.25) is 5.79 Å². The molecule has 12 nitrogen and oxygen atoms in total. The average Bonchev–Trinajstić information content (AvgIpc) is 3.23. The van der Waals surface area contributed by atoms with Gasteiger partial charge in [0.05, 0.1) is 24.4 Å². The minimum Gasteiger partial charge on any atom is -0.460 e. The second-order valence-corrected chi connectivity index (χ2v) is 18.9. The van der Waals surface area contributed by atoms with Gasteiger partial charge in [-0.05, 0) is 113 Å². The number of cyclic esters (lactones) is 1. The summed E-state index contributed by atoms with van der Waals surface area (Å²) < 4.78 is 18.2. The van der Waals surface area contributed by atoms with Crippen molar-refractivity contribution in [3.05, 3.63) is 47.6 Å². The molecule has 0 unspecified atom stereocenters. The highest BCUT2D eigenvalue weighted by Crippen LogP contribution is 2.37. The first-order chi connectivity index (χ1) is 28.8. The molecule has 61 heavy (non-hydrogen) atoms. The smallest absolute Gasteiger partial charge is 0.329 e.